The first kappa shape index (κ1) is 18.3. The highest BCUT2D eigenvalue weighted by Crippen LogP contribution is 2.21. The summed E-state index contributed by atoms with van der Waals surface area (Å²) < 4.78 is 0. The number of hydrogen-bond acceptors (Lipinski definition) is 2. The Morgan fingerprint density at radius 3 is 2.52 bits per heavy atom. The van der Waals surface area contributed by atoms with Crippen molar-refractivity contribution < 1.29 is 4.79 Å². The van der Waals surface area contributed by atoms with Crippen molar-refractivity contribution >= 4 is 17.5 Å². The van der Waals surface area contributed by atoms with Crippen LogP contribution in [0.4, 0.5) is 0 Å². The maximum atomic E-state index is 11.9. The van der Waals surface area contributed by atoms with Gasteiger partial charge >= 0.3 is 0 Å². The molecule has 1 amide bonds. The first-order chi connectivity index (χ1) is 11.2. The summed E-state index contributed by atoms with van der Waals surface area (Å²) in [4.78, 5) is 14.5. The smallest absolute Gasteiger partial charge is 0.251 e. The highest BCUT2D eigenvalue weighted by Gasteiger charge is 2.17. The monoisotopic (exact) mass is 336 g/mol. The van der Waals surface area contributed by atoms with Gasteiger partial charge in [-0.2, -0.15) is 0 Å². The molecule has 1 aromatic carbocycles. The van der Waals surface area contributed by atoms with Crippen LogP contribution < -0.4 is 5.32 Å². The number of benzene rings is 1. The molecular weight excluding hydrogens is 308 g/mol. The molecular formula is C19H29ClN2O. The minimum atomic E-state index is -0.0130. The van der Waals surface area contributed by atoms with Gasteiger partial charge in [0.25, 0.3) is 5.91 Å². The second kappa shape index (κ2) is 9.94. The molecule has 4 heteroatoms. The van der Waals surface area contributed by atoms with E-state index in [1.165, 1.54) is 45.1 Å². The van der Waals surface area contributed by atoms with E-state index in [1.807, 2.05) is 0 Å². The van der Waals surface area contributed by atoms with Crippen molar-refractivity contribution in [1.82, 2.24) is 10.2 Å². The van der Waals surface area contributed by atoms with E-state index in [0.29, 0.717) is 10.6 Å². The van der Waals surface area contributed by atoms with E-state index in [-0.39, 0.29) is 5.91 Å². The van der Waals surface area contributed by atoms with Gasteiger partial charge in [0.2, 0.25) is 0 Å². The number of hydrogen-bond donors (Lipinski definition) is 1. The zero-order valence-corrected chi connectivity index (χ0v) is 14.9. The Morgan fingerprint density at radius 2 is 1.83 bits per heavy atom. The summed E-state index contributed by atoms with van der Waals surface area (Å²) in [5.74, 6) is -0.0130. The second-order valence-corrected chi connectivity index (χ2v) is 7.03. The van der Waals surface area contributed by atoms with Crippen molar-refractivity contribution in [2.45, 2.75) is 57.4 Å². The topological polar surface area (TPSA) is 32.3 Å². The van der Waals surface area contributed by atoms with Crippen molar-refractivity contribution in [3.8, 4) is 0 Å². The minimum absolute atomic E-state index is 0.0130. The number of unbranched alkanes of at least 4 members (excludes halogenated alkanes) is 2. The average Bonchev–Trinajstić information content (AvgIpc) is 2.59. The zero-order valence-electron chi connectivity index (χ0n) is 14.2. The molecule has 0 aromatic heterocycles. The standard InChI is InChI=1S/C19H29ClN2O/c1-22(18-8-4-2-5-9-18)15-7-3-6-14-21-19(23)16-10-12-17(20)13-11-16/h10-13,18H,2-9,14-15H2,1H3,(H,21,23). The molecule has 2 rings (SSSR count). The van der Waals surface area contributed by atoms with Crippen molar-refractivity contribution in [1.29, 1.82) is 0 Å². The molecule has 0 spiro atoms. The first-order valence-corrected chi connectivity index (χ1v) is 9.28. The largest absolute Gasteiger partial charge is 0.352 e. The molecule has 1 aliphatic rings. The van der Waals surface area contributed by atoms with Crippen molar-refractivity contribution in [3.63, 3.8) is 0 Å². The molecule has 1 aromatic rings. The van der Waals surface area contributed by atoms with Gasteiger partial charge in [-0.05, 0) is 63.5 Å². The molecule has 0 bridgehead atoms. The molecule has 0 saturated heterocycles. The molecule has 0 aliphatic heterocycles. The summed E-state index contributed by atoms with van der Waals surface area (Å²) in [5, 5.41) is 3.63. The number of amides is 1. The third-order valence-electron chi connectivity index (χ3n) is 4.78. The Hall–Kier alpha value is -1.06. The second-order valence-electron chi connectivity index (χ2n) is 6.60. The Bertz CT molecular complexity index is 469. The van der Waals surface area contributed by atoms with Crippen LogP contribution in [0.1, 0.15) is 61.7 Å². The predicted molar refractivity (Wildman–Crippen MR) is 97.1 cm³/mol. The Labute approximate surface area is 145 Å². The number of carbonyl (C=O) groups is 1. The van der Waals surface area contributed by atoms with E-state index in [1.54, 1.807) is 24.3 Å². The van der Waals surface area contributed by atoms with Gasteiger partial charge in [-0.25, -0.2) is 0 Å². The molecule has 0 radical (unpaired) electrons. The van der Waals surface area contributed by atoms with E-state index in [0.717, 1.165) is 25.4 Å². The molecule has 1 fully saturated rings. The maximum Gasteiger partial charge on any atom is 0.251 e. The lowest BCUT2D eigenvalue weighted by Crippen LogP contribution is -2.34. The number of halogens is 1. The summed E-state index contributed by atoms with van der Waals surface area (Å²) in [6, 6.07) is 7.82. The number of nitrogens with zero attached hydrogens (tertiary/aromatic N) is 1. The summed E-state index contributed by atoms with van der Waals surface area (Å²) in [7, 11) is 2.26. The first-order valence-electron chi connectivity index (χ1n) is 8.91. The van der Waals surface area contributed by atoms with Gasteiger partial charge in [0.15, 0.2) is 0 Å². The summed E-state index contributed by atoms with van der Waals surface area (Å²) >= 11 is 5.82. The Kier molecular flexibility index (Phi) is 7.90. The van der Waals surface area contributed by atoms with Gasteiger partial charge in [-0.1, -0.05) is 37.3 Å². The van der Waals surface area contributed by atoms with Crippen molar-refractivity contribution in [3.05, 3.63) is 34.9 Å². The molecule has 128 valence electrons. The summed E-state index contributed by atoms with van der Waals surface area (Å²) in [6.07, 6.45) is 10.4. The third kappa shape index (κ3) is 6.52. The summed E-state index contributed by atoms with van der Waals surface area (Å²) in [5.41, 5.74) is 0.673. The fraction of sp³-hybridized carbons (Fsp3) is 0.632. The molecule has 0 atom stereocenters. The third-order valence-corrected chi connectivity index (χ3v) is 5.03. The van der Waals surface area contributed by atoms with Crippen LogP contribution in [-0.2, 0) is 0 Å². The van der Waals surface area contributed by atoms with Crippen LogP contribution in [-0.4, -0.2) is 37.0 Å². The van der Waals surface area contributed by atoms with Crippen LogP contribution in [0.25, 0.3) is 0 Å². The zero-order chi connectivity index (χ0) is 16.5. The van der Waals surface area contributed by atoms with Crippen LogP contribution in [0.3, 0.4) is 0 Å². The minimum Gasteiger partial charge on any atom is -0.352 e. The Balaban J connectivity index is 1.53. The normalized spacial score (nSPS) is 15.8. The number of carbonyl (C=O) groups excluding carboxylic acids is 1. The molecule has 0 heterocycles. The lowest BCUT2D eigenvalue weighted by Gasteiger charge is -2.31. The van der Waals surface area contributed by atoms with E-state index in [4.69, 9.17) is 11.6 Å². The van der Waals surface area contributed by atoms with Crippen LogP contribution in [0, 0.1) is 0 Å². The maximum absolute atomic E-state index is 11.9. The fourth-order valence-corrected chi connectivity index (χ4v) is 3.40. The van der Waals surface area contributed by atoms with Gasteiger partial charge < -0.3 is 10.2 Å². The van der Waals surface area contributed by atoms with Crippen LogP contribution in [0.15, 0.2) is 24.3 Å². The van der Waals surface area contributed by atoms with E-state index in [2.05, 4.69) is 17.3 Å². The van der Waals surface area contributed by atoms with E-state index < -0.39 is 0 Å². The SMILES string of the molecule is CN(CCCCCNC(=O)c1ccc(Cl)cc1)C1CCCCC1. The highest BCUT2D eigenvalue weighted by atomic mass is 35.5. The number of rotatable bonds is 8. The average molecular weight is 337 g/mol. The van der Waals surface area contributed by atoms with Crippen LogP contribution in [0.5, 0.6) is 0 Å². The quantitative estimate of drug-likeness (QED) is 0.709. The van der Waals surface area contributed by atoms with Gasteiger partial charge in [0.05, 0.1) is 0 Å². The molecule has 1 saturated carbocycles. The molecule has 0 unspecified atom stereocenters. The number of nitrogens with one attached hydrogen (secondary N) is 1. The Morgan fingerprint density at radius 1 is 1.13 bits per heavy atom. The molecule has 1 N–H and O–H groups in total. The summed E-state index contributed by atoms with van der Waals surface area (Å²) in [6.45, 7) is 1.92. The molecule has 3 nitrogen and oxygen atoms in total. The van der Waals surface area contributed by atoms with Gasteiger partial charge in [0, 0.05) is 23.2 Å². The van der Waals surface area contributed by atoms with Gasteiger partial charge in [-0.3, -0.25) is 4.79 Å². The van der Waals surface area contributed by atoms with Crippen molar-refractivity contribution in [2.24, 2.45) is 0 Å². The van der Waals surface area contributed by atoms with Gasteiger partial charge in [0.1, 0.15) is 0 Å². The van der Waals surface area contributed by atoms with Gasteiger partial charge in [-0.15, -0.1) is 0 Å². The lowest BCUT2D eigenvalue weighted by atomic mass is 9.94. The predicted octanol–water partition coefficient (Wildman–Crippen LogP) is 4.50. The molecule has 23 heavy (non-hydrogen) atoms. The lowest BCUT2D eigenvalue weighted by molar-refractivity contribution is 0.0952. The van der Waals surface area contributed by atoms with Crippen LogP contribution >= 0.6 is 11.6 Å². The van der Waals surface area contributed by atoms with E-state index in [9.17, 15) is 4.79 Å². The fourth-order valence-electron chi connectivity index (χ4n) is 3.27. The van der Waals surface area contributed by atoms with E-state index >= 15 is 0 Å². The molecule has 1 aliphatic carbocycles. The highest BCUT2D eigenvalue weighted by molar-refractivity contribution is 6.30. The van der Waals surface area contributed by atoms with Crippen molar-refractivity contribution in [2.75, 3.05) is 20.1 Å². The van der Waals surface area contributed by atoms with Crippen LogP contribution in [0.2, 0.25) is 5.02 Å².